The van der Waals surface area contributed by atoms with Crippen molar-refractivity contribution in [3.63, 3.8) is 0 Å². The summed E-state index contributed by atoms with van der Waals surface area (Å²) >= 11 is 0. The fourth-order valence-corrected chi connectivity index (χ4v) is 2.87. The molecule has 0 unspecified atom stereocenters. The lowest BCUT2D eigenvalue weighted by atomic mass is 10.1. The molecule has 0 fully saturated rings. The fourth-order valence-electron chi connectivity index (χ4n) is 2.87. The molecule has 7 nitrogen and oxygen atoms in total. The van der Waals surface area contributed by atoms with Gasteiger partial charge in [0, 0.05) is 0 Å². The van der Waals surface area contributed by atoms with Gasteiger partial charge in [-0.2, -0.15) is 0 Å². The summed E-state index contributed by atoms with van der Waals surface area (Å²) in [5, 5.41) is 28.4. The molecule has 0 atom stereocenters. The summed E-state index contributed by atoms with van der Waals surface area (Å²) in [6.07, 6.45) is 0. The van der Waals surface area contributed by atoms with Gasteiger partial charge >= 0.3 is 0 Å². The number of phenolic OH excluding ortho intramolecular Hbond substituents is 2. The average molecular weight is 361 g/mol. The third-order valence-electron chi connectivity index (χ3n) is 4.22. The number of rotatable bonds is 4. The van der Waals surface area contributed by atoms with Crippen LogP contribution in [0.25, 0.3) is 0 Å². The van der Waals surface area contributed by atoms with E-state index in [1.54, 1.807) is 36.4 Å². The highest BCUT2D eigenvalue weighted by molar-refractivity contribution is 6.22. The van der Waals surface area contributed by atoms with Crippen LogP contribution in [0.3, 0.4) is 0 Å². The molecule has 0 radical (unpaired) electrons. The zero-order valence-electron chi connectivity index (χ0n) is 14.0. The molecule has 0 saturated carbocycles. The van der Waals surface area contributed by atoms with Crippen LogP contribution in [0.1, 0.15) is 20.7 Å². The summed E-state index contributed by atoms with van der Waals surface area (Å²) in [5.74, 6) is -0.895. The number of para-hydroxylation sites is 4. The van der Waals surface area contributed by atoms with Crippen LogP contribution in [0.4, 0.5) is 22.7 Å². The van der Waals surface area contributed by atoms with Crippen LogP contribution in [-0.2, 0) is 0 Å². The topological polar surface area (TPSA) is 111 Å². The van der Waals surface area contributed by atoms with E-state index in [1.165, 1.54) is 24.3 Å². The highest BCUT2D eigenvalue weighted by Crippen LogP contribution is 2.37. The molecule has 1 aliphatic heterocycles. The van der Waals surface area contributed by atoms with Gasteiger partial charge in [0.05, 0.1) is 33.9 Å². The van der Waals surface area contributed by atoms with Gasteiger partial charge in [0.1, 0.15) is 11.5 Å². The lowest BCUT2D eigenvalue weighted by molar-refractivity contribution is 0.0879. The molecule has 0 saturated heterocycles. The molecule has 0 aliphatic carbocycles. The number of hydrogen-bond donors (Lipinski definition) is 5. The average Bonchev–Trinajstić information content (AvgIpc) is 2.92. The maximum atomic E-state index is 12.0. The van der Waals surface area contributed by atoms with Crippen molar-refractivity contribution in [3.05, 3.63) is 71.8 Å². The number of hydrogen-bond acceptors (Lipinski definition) is 6. The first-order valence-electron chi connectivity index (χ1n) is 8.16. The Kier molecular flexibility index (Phi) is 3.89. The van der Waals surface area contributed by atoms with Crippen molar-refractivity contribution in [3.8, 4) is 11.5 Å². The zero-order chi connectivity index (χ0) is 19.0. The zero-order valence-corrected chi connectivity index (χ0v) is 14.0. The maximum Gasteiger partial charge on any atom is 0.259 e. The molecule has 2 amide bonds. The molecule has 3 aromatic rings. The van der Waals surface area contributed by atoms with Gasteiger partial charge in [0.25, 0.3) is 11.8 Å². The predicted molar refractivity (Wildman–Crippen MR) is 101 cm³/mol. The summed E-state index contributed by atoms with van der Waals surface area (Å²) in [5.41, 5.74) is 2.26. The molecular weight excluding hydrogens is 346 g/mol. The monoisotopic (exact) mass is 361 g/mol. The number of carbonyl (C=O) groups excluding carboxylic acids is 2. The van der Waals surface area contributed by atoms with Gasteiger partial charge in [-0.25, -0.2) is 0 Å². The van der Waals surface area contributed by atoms with E-state index >= 15 is 0 Å². The molecule has 27 heavy (non-hydrogen) atoms. The van der Waals surface area contributed by atoms with E-state index in [2.05, 4.69) is 16.0 Å². The quantitative estimate of drug-likeness (QED) is 0.359. The van der Waals surface area contributed by atoms with Crippen LogP contribution in [-0.4, -0.2) is 22.0 Å². The van der Waals surface area contributed by atoms with E-state index in [-0.39, 0.29) is 22.6 Å². The third kappa shape index (κ3) is 3.02. The molecule has 134 valence electrons. The van der Waals surface area contributed by atoms with Crippen molar-refractivity contribution in [2.24, 2.45) is 0 Å². The van der Waals surface area contributed by atoms with Gasteiger partial charge in [-0.3, -0.25) is 14.9 Å². The minimum atomic E-state index is -0.482. The Hall–Kier alpha value is -4.00. The smallest absolute Gasteiger partial charge is 0.259 e. The second-order valence-electron chi connectivity index (χ2n) is 6.01. The fraction of sp³-hybridized carbons (Fsp3) is 0. The largest absolute Gasteiger partial charge is 0.506 e. The number of imide groups is 1. The van der Waals surface area contributed by atoms with Crippen molar-refractivity contribution < 1.29 is 19.8 Å². The number of fused-ring (bicyclic) bond motifs is 1. The van der Waals surface area contributed by atoms with Crippen LogP contribution in [0.5, 0.6) is 11.5 Å². The predicted octanol–water partition coefficient (Wildman–Crippen LogP) is 3.47. The van der Waals surface area contributed by atoms with Gasteiger partial charge < -0.3 is 20.8 Å². The van der Waals surface area contributed by atoms with Crippen molar-refractivity contribution >= 4 is 34.6 Å². The molecule has 4 rings (SSSR count). The molecule has 1 heterocycles. The lowest BCUT2D eigenvalue weighted by Crippen LogP contribution is -2.19. The first-order valence-corrected chi connectivity index (χ1v) is 8.16. The first kappa shape index (κ1) is 16.5. The summed E-state index contributed by atoms with van der Waals surface area (Å²) in [6, 6.07) is 16.4. The SMILES string of the molecule is O=C1NC(=O)c2cc(Nc3ccccc3O)c(Nc3ccccc3O)cc21. The number of nitrogens with one attached hydrogen (secondary N) is 3. The molecule has 0 aromatic heterocycles. The van der Waals surface area contributed by atoms with Gasteiger partial charge in [-0.1, -0.05) is 24.3 Å². The summed E-state index contributed by atoms with van der Waals surface area (Å²) in [6.45, 7) is 0. The Morgan fingerprint density at radius 1 is 0.630 bits per heavy atom. The Labute approximate surface area is 154 Å². The third-order valence-corrected chi connectivity index (χ3v) is 4.22. The number of phenols is 2. The second-order valence-corrected chi connectivity index (χ2v) is 6.01. The molecule has 0 bridgehead atoms. The molecule has 1 aliphatic rings. The van der Waals surface area contributed by atoms with E-state index in [1.807, 2.05) is 0 Å². The maximum absolute atomic E-state index is 12.0. The summed E-state index contributed by atoms with van der Waals surface area (Å²) in [4.78, 5) is 24.0. The van der Waals surface area contributed by atoms with Gasteiger partial charge in [-0.05, 0) is 36.4 Å². The normalized spacial score (nSPS) is 12.4. The Bertz CT molecular complexity index is 994. The molecular formula is C20H15N3O4. The van der Waals surface area contributed by atoms with Crippen LogP contribution in [0, 0.1) is 0 Å². The van der Waals surface area contributed by atoms with Crippen molar-refractivity contribution in [2.75, 3.05) is 10.6 Å². The number of benzene rings is 3. The van der Waals surface area contributed by atoms with E-state index in [0.717, 1.165) is 0 Å². The molecule has 7 heteroatoms. The first-order chi connectivity index (χ1) is 13.0. The standard InChI is InChI=1S/C20H15N3O4/c24-17-7-3-1-5-13(17)21-15-9-11-12(20(27)23-19(11)26)10-16(15)22-14-6-2-4-8-18(14)25/h1-10,21-22,24-25H,(H,23,26,27). The second kappa shape index (κ2) is 6.38. The molecule has 3 aromatic carbocycles. The van der Waals surface area contributed by atoms with Crippen LogP contribution in [0.2, 0.25) is 0 Å². The van der Waals surface area contributed by atoms with E-state index in [9.17, 15) is 19.8 Å². The van der Waals surface area contributed by atoms with Gasteiger partial charge in [0.2, 0.25) is 0 Å². The van der Waals surface area contributed by atoms with E-state index in [4.69, 9.17) is 0 Å². The van der Waals surface area contributed by atoms with Crippen LogP contribution < -0.4 is 16.0 Å². The number of amides is 2. The minimum Gasteiger partial charge on any atom is -0.506 e. The van der Waals surface area contributed by atoms with Crippen LogP contribution >= 0.6 is 0 Å². The van der Waals surface area contributed by atoms with E-state index < -0.39 is 11.8 Å². The van der Waals surface area contributed by atoms with Gasteiger partial charge in [0.15, 0.2) is 0 Å². The van der Waals surface area contributed by atoms with E-state index in [0.29, 0.717) is 22.7 Å². The Morgan fingerprint density at radius 3 is 1.44 bits per heavy atom. The summed E-state index contributed by atoms with van der Waals surface area (Å²) < 4.78 is 0. The van der Waals surface area contributed by atoms with Crippen molar-refractivity contribution in [1.29, 1.82) is 0 Å². The lowest BCUT2D eigenvalue weighted by Gasteiger charge is -2.16. The molecule has 0 spiro atoms. The van der Waals surface area contributed by atoms with Crippen molar-refractivity contribution in [2.45, 2.75) is 0 Å². The summed E-state index contributed by atoms with van der Waals surface area (Å²) in [7, 11) is 0. The number of aromatic hydroxyl groups is 2. The molecule has 5 N–H and O–H groups in total. The van der Waals surface area contributed by atoms with Crippen molar-refractivity contribution in [1.82, 2.24) is 5.32 Å². The Morgan fingerprint density at radius 2 is 1.04 bits per heavy atom. The number of carbonyl (C=O) groups is 2. The van der Waals surface area contributed by atoms with Crippen LogP contribution in [0.15, 0.2) is 60.7 Å². The number of anilines is 4. The Balaban J connectivity index is 1.82. The highest BCUT2D eigenvalue weighted by atomic mass is 16.3. The highest BCUT2D eigenvalue weighted by Gasteiger charge is 2.28. The minimum absolute atomic E-state index is 0.0343. The van der Waals surface area contributed by atoms with Gasteiger partial charge in [-0.15, -0.1) is 0 Å².